The Labute approximate surface area is 172 Å². The zero-order valence-corrected chi connectivity index (χ0v) is 15.6. The van der Waals surface area contributed by atoms with E-state index in [4.69, 9.17) is 26.0 Å². The van der Waals surface area contributed by atoms with E-state index in [0.717, 1.165) is 0 Å². The van der Waals surface area contributed by atoms with E-state index in [1.54, 1.807) is 0 Å². The number of aliphatic hydroxyl groups excluding tert-OH is 3. The van der Waals surface area contributed by atoms with Gasteiger partial charge in [-0.2, -0.15) is 0 Å². The molecule has 0 unspecified atom stereocenters. The second-order valence-electron chi connectivity index (χ2n) is 6.40. The number of anilines is 2. The minimum Gasteiger partial charge on any atom is -0.394 e. The summed E-state index contributed by atoms with van der Waals surface area (Å²) in [5.74, 6) is 0.188. The third kappa shape index (κ3) is 3.69. The first-order valence-electron chi connectivity index (χ1n) is 8.79. The molecule has 0 radical (unpaired) electrons. The van der Waals surface area contributed by atoms with Crippen LogP contribution in [0.3, 0.4) is 0 Å². The van der Waals surface area contributed by atoms with Crippen molar-refractivity contribution in [2.75, 3.05) is 17.6 Å². The summed E-state index contributed by atoms with van der Waals surface area (Å²) in [6.45, 7) is -0.390. The van der Waals surface area contributed by atoms with Crippen LogP contribution in [0, 0.1) is 0 Å². The first kappa shape index (κ1) is 20.7. The minimum atomic E-state index is -1.19. The molecule has 5 heterocycles. The van der Waals surface area contributed by atoms with Crippen LogP contribution < -0.4 is 11.0 Å². The van der Waals surface area contributed by atoms with Gasteiger partial charge in [-0.3, -0.25) is 15.0 Å². The van der Waals surface area contributed by atoms with Crippen LogP contribution in [0.25, 0.3) is 22.3 Å². The highest BCUT2D eigenvalue weighted by molar-refractivity contribution is 5.81. The van der Waals surface area contributed by atoms with Crippen LogP contribution in [0.15, 0.2) is 25.3 Å². The number of nitrogens with one attached hydrogen (secondary N) is 1. The summed E-state index contributed by atoms with van der Waals surface area (Å²) in [6, 6.07) is 0. The molecule has 164 valence electrons. The molecule has 5 rings (SSSR count). The number of fused-ring (bicyclic) bond motifs is 2. The van der Waals surface area contributed by atoms with Crippen molar-refractivity contribution in [1.82, 2.24) is 39.5 Å². The summed E-state index contributed by atoms with van der Waals surface area (Å²) in [6.07, 6.45) is 1.16. The Balaban J connectivity index is 0.000000166. The maximum absolute atomic E-state index is 9.95. The van der Waals surface area contributed by atoms with E-state index in [-0.39, 0.29) is 16.9 Å². The van der Waals surface area contributed by atoms with Crippen LogP contribution in [0.2, 0.25) is 0 Å². The zero-order chi connectivity index (χ0) is 22.1. The number of aliphatic hydroxyl groups is 3. The zero-order valence-electron chi connectivity index (χ0n) is 15.6. The van der Waals surface area contributed by atoms with Gasteiger partial charge in [-0.15, -0.1) is 5.23 Å². The van der Waals surface area contributed by atoms with Gasteiger partial charge in [0.25, 0.3) is 0 Å². The normalized spacial score (nSPS) is 23.1. The van der Waals surface area contributed by atoms with Crippen LogP contribution >= 0.6 is 0 Å². The number of aromatic amines is 1. The lowest BCUT2D eigenvalue weighted by Gasteiger charge is -2.16. The van der Waals surface area contributed by atoms with Crippen molar-refractivity contribution in [3.63, 3.8) is 0 Å². The molecule has 8 N–H and O–H groups in total. The van der Waals surface area contributed by atoms with E-state index in [0.29, 0.717) is 22.3 Å². The van der Waals surface area contributed by atoms with Gasteiger partial charge >= 0.3 is 0 Å². The Bertz CT molecular complexity index is 1180. The molecule has 4 aromatic heterocycles. The van der Waals surface area contributed by atoms with E-state index < -0.39 is 31.1 Å². The first-order chi connectivity index (χ1) is 14.9. The predicted molar refractivity (Wildman–Crippen MR) is 100 cm³/mol. The van der Waals surface area contributed by atoms with Crippen LogP contribution in [0.5, 0.6) is 0 Å². The number of nitrogens with zero attached hydrogens (tertiary/aromatic N) is 8. The van der Waals surface area contributed by atoms with Crippen LogP contribution in [0.1, 0.15) is 6.23 Å². The average molecular weight is 434 g/mol. The molecular formula is C15H18N10O6. The summed E-state index contributed by atoms with van der Waals surface area (Å²) < 4.78 is 6.85. The monoisotopic (exact) mass is 434 g/mol. The molecule has 0 aromatic carbocycles. The lowest BCUT2D eigenvalue weighted by molar-refractivity contribution is -0.0511. The maximum atomic E-state index is 9.95. The summed E-state index contributed by atoms with van der Waals surface area (Å²) in [5.41, 5.74) is 7.20. The molecule has 0 aliphatic carbocycles. The molecule has 1 saturated heterocycles. The van der Waals surface area contributed by atoms with E-state index in [2.05, 4.69) is 34.9 Å². The lowest BCUT2D eigenvalue weighted by atomic mass is 10.1. The minimum absolute atomic E-state index is 0.0301. The van der Waals surface area contributed by atoms with Crippen molar-refractivity contribution >= 4 is 34.0 Å². The Kier molecular flexibility index (Phi) is 5.55. The number of rotatable bonds is 3. The SMILES string of the molecule is Nc1ncnc2c1ncn2[C@@H]1O[C@H](CO)[C@@H](O)[C@H]1O.ON(O)c1ncnc2nc[nH]c12. The quantitative estimate of drug-likeness (QED) is 0.172. The Morgan fingerprint density at radius 2 is 1.84 bits per heavy atom. The van der Waals surface area contributed by atoms with Gasteiger partial charge in [-0.25, -0.2) is 29.9 Å². The average Bonchev–Trinajstić information content (AvgIpc) is 3.47. The van der Waals surface area contributed by atoms with Gasteiger partial charge in [0.2, 0.25) is 5.82 Å². The van der Waals surface area contributed by atoms with Crippen LogP contribution in [0.4, 0.5) is 11.6 Å². The number of ether oxygens (including phenoxy) is 1. The molecule has 16 heteroatoms. The van der Waals surface area contributed by atoms with Crippen molar-refractivity contribution in [2.45, 2.75) is 24.5 Å². The summed E-state index contributed by atoms with van der Waals surface area (Å²) in [5, 5.41) is 46.0. The van der Waals surface area contributed by atoms with Crippen molar-refractivity contribution in [3.8, 4) is 0 Å². The highest BCUT2D eigenvalue weighted by atomic mass is 16.8. The highest BCUT2D eigenvalue weighted by Crippen LogP contribution is 2.31. The van der Waals surface area contributed by atoms with Gasteiger partial charge in [-0.1, -0.05) is 0 Å². The molecule has 16 nitrogen and oxygen atoms in total. The Hall–Kier alpha value is -3.54. The number of imidazole rings is 2. The van der Waals surface area contributed by atoms with E-state index in [9.17, 15) is 10.2 Å². The predicted octanol–water partition coefficient (Wildman–Crippen LogP) is -2.04. The van der Waals surface area contributed by atoms with Gasteiger partial charge in [-0.05, 0) is 0 Å². The second kappa shape index (κ2) is 8.30. The van der Waals surface area contributed by atoms with Gasteiger partial charge in [0.15, 0.2) is 23.3 Å². The molecule has 1 aliphatic rings. The molecule has 4 aromatic rings. The topological polar surface area (TPSA) is 238 Å². The van der Waals surface area contributed by atoms with E-state index in [1.807, 2.05) is 0 Å². The van der Waals surface area contributed by atoms with Crippen molar-refractivity contribution in [3.05, 3.63) is 25.3 Å². The number of nitrogen functional groups attached to an aromatic ring is 1. The van der Waals surface area contributed by atoms with Gasteiger partial charge in [0.1, 0.15) is 42.0 Å². The highest BCUT2D eigenvalue weighted by Gasteiger charge is 2.43. The number of aromatic nitrogens is 8. The number of H-pyrrole nitrogens is 1. The molecule has 0 amide bonds. The maximum Gasteiger partial charge on any atom is 0.212 e. The molecule has 0 bridgehead atoms. The fourth-order valence-corrected chi connectivity index (χ4v) is 3.07. The van der Waals surface area contributed by atoms with Crippen LogP contribution in [-0.4, -0.2) is 90.1 Å². The second-order valence-corrected chi connectivity index (χ2v) is 6.40. The van der Waals surface area contributed by atoms with Gasteiger partial charge in [0, 0.05) is 0 Å². The molecule has 31 heavy (non-hydrogen) atoms. The molecule has 0 saturated carbocycles. The molecule has 1 fully saturated rings. The third-order valence-corrected chi connectivity index (χ3v) is 4.57. The van der Waals surface area contributed by atoms with E-state index in [1.165, 1.54) is 29.9 Å². The lowest BCUT2D eigenvalue weighted by Crippen LogP contribution is -2.33. The Morgan fingerprint density at radius 1 is 1.06 bits per heavy atom. The van der Waals surface area contributed by atoms with Gasteiger partial charge < -0.3 is 30.8 Å². The smallest absolute Gasteiger partial charge is 0.212 e. The first-order valence-corrected chi connectivity index (χ1v) is 8.79. The number of nitrogens with two attached hydrogens (primary N) is 1. The van der Waals surface area contributed by atoms with Gasteiger partial charge in [0.05, 0.1) is 19.3 Å². The number of hydrogen-bond acceptors (Lipinski definition) is 14. The van der Waals surface area contributed by atoms with E-state index >= 15 is 0 Å². The summed E-state index contributed by atoms with van der Waals surface area (Å²) >= 11 is 0. The van der Waals surface area contributed by atoms with Crippen LogP contribution in [-0.2, 0) is 4.74 Å². The van der Waals surface area contributed by atoms with Crippen molar-refractivity contribution in [2.24, 2.45) is 0 Å². The largest absolute Gasteiger partial charge is 0.394 e. The van der Waals surface area contributed by atoms with Crippen molar-refractivity contribution < 1.29 is 30.5 Å². The summed E-state index contributed by atoms with van der Waals surface area (Å²) in [7, 11) is 0. The fourth-order valence-electron chi connectivity index (χ4n) is 3.07. The molecule has 4 atom stereocenters. The molecular weight excluding hydrogens is 416 g/mol. The standard InChI is InChI=1S/C10H13N5O4.C5H5N5O2/c11-8-5-9(13-2-12-8)15(3-14-5)10-7(18)6(17)4(1-16)19-10;11-10(12)5-3-4(7-1-6-3)8-2-9-5/h2-4,6-7,10,16-18H,1H2,(H2,11,12,13);1-2,11-12H,(H,6,7,8,9)/t4-,6-,7-,10-;/m1./s1. The third-order valence-electron chi connectivity index (χ3n) is 4.57. The number of hydrogen-bond donors (Lipinski definition) is 7. The molecule has 0 spiro atoms. The molecule has 1 aliphatic heterocycles. The Morgan fingerprint density at radius 3 is 2.55 bits per heavy atom. The van der Waals surface area contributed by atoms with Crippen molar-refractivity contribution in [1.29, 1.82) is 0 Å². The summed E-state index contributed by atoms with van der Waals surface area (Å²) in [4.78, 5) is 25.8. The fraction of sp³-hybridized carbons (Fsp3) is 0.333.